The molecule has 1 nitrogen and oxygen atoms in total. The Morgan fingerprint density at radius 2 is 1.93 bits per heavy atom. The van der Waals surface area contributed by atoms with Crippen molar-refractivity contribution in [2.75, 3.05) is 0 Å². The second-order valence-corrected chi connectivity index (χ2v) is 4.70. The Bertz CT molecular complexity index is 174. The molecule has 1 aliphatic carbocycles. The average Bonchev–Trinajstić information content (AvgIpc) is 2.42. The summed E-state index contributed by atoms with van der Waals surface area (Å²) in [5.74, 6) is 1.84. The molecular weight excluding hydrogens is 172 g/mol. The van der Waals surface area contributed by atoms with Crippen molar-refractivity contribution in [3.05, 3.63) is 0 Å². The van der Waals surface area contributed by atoms with Gasteiger partial charge in [0.2, 0.25) is 0 Å². The van der Waals surface area contributed by atoms with Gasteiger partial charge in [-0.3, -0.25) is 4.79 Å². The molecule has 1 rings (SSSR count). The van der Waals surface area contributed by atoms with E-state index in [0.29, 0.717) is 11.7 Å². The lowest BCUT2D eigenvalue weighted by atomic mass is 9.92. The Kier molecular flexibility index (Phi) is 5.21. The SMILES string of the molecule is CCCC(=O)C1CCCC(CC)CC1. The Balaban J connectivity index is 2.37. The highest BCUT2D eigenvalue weighted by Crippen LogP contribution is 2.30. The van der Waals surface area contributed by atoms with Crippen LogP contribution in [0.2, 0.25) is 0 Å². The Morgan fingerprint density at radius 1 is 1.14 bits per heavy atom. The van der Waals surface area contributed by atoms with Crippen molar-refractivity contribution in [1.82, 2.24) is 0 Å². The van der Waals surface area contributed by atoms with Gasteiger partial charge in [-0.15, -0.1) is 0 Å². The van der Waals surface area contributed by atoms with E-state index in [9.17, 15) is 4.79 Å². The van der Waals surface area contributed by atoms with Gasteiger partial charge in [-0.05, 0) is 31.6 Å². The van der Waals surface area contributed by atoms with Crippen molar-refractivity contribution in [3.8, 4) is 0 Å². The molecule has 14 heavy (non-hydrogen) atoms. The molecule has 1 heteroatoms. The fourth-order valence-corrected chi connectivity index (χ4v) is 2.56. The van der Waals surface area contributed by atoms with Gasteiger partial charge in [-0.1, -0.05) is 33.1 Å². The van der Waals surface area contributed by atoms with Gasteiger partial charge in [0.1, 0.15) is 5.78 Å². The van der Waals surface area contributed by atoms with Crippen LogP contribution in [-0.2, 0) is 4.79 Å². The van der Waals surface area contributed by atoms with Crippen LogP contribution >= 0.6 is 0 Å². The molecule has 0 amide bonds. The van der Waals surface area contributed by atoms with Crippen LogP contribution in [0.3, 0.4) is 0 Å². The minimum absolute atomic E-state index is 0.409. The van der Waals surface area contributed by atoms with Gasteiger partial charge in [0, 0.05) is 12.3 Å². The number of carbonyl (C=O) groups excluding carboxylic acids is 1. The maximum Gasteiger partial charge on any atom is 0.135 e. The maximum absolute atomic E-state index is 11.7. The monoisotopic (exact) mass is 196 g/mol. The average molecular weight is 196 g/mol. The summed E-state index contributed by atoms with van der Waals surface area (Å²) >= 11 is 0. The molecule has 0 radical (unpaired) electrons. The van der Waals surface area contributed by atoms with E-state index in [1.807, 2.05) is 0 Å². The summed E-state index contributed by atoms with van der Waals surface area (Å²) in [6.07, 6.45) is 9.37. The number of carbonyl (C=O) groups is 1. The predicted molar refractivity (Wildman–Crippen MR) is 60.3 cm³/mol. The van der Waals surface area contributed by atoms with Crippen LogP contribution in [0.15, 0.2) is 0 Å². The van der Waals surface area contributed by atoms with Crippen LogP contribution in [0.4, 0.5) is 0 Å². The van der Waals surface area contributed by atoms with Gasteiger partial charge in [-0.2, -0.15) is 0 Å². The van der Waals surface area contributed by atoms with Gasteiger partial charge >= 0.3 is 0 Å². The van der Waals surface area contributed by atoms with Crippen molar-refractivity contribution in [3.63, 3.8) is 0 Å². The molecular formula is C13H24O. The molecule has 2 unspecified atom stereocenters. The first-order valence-electron chi connectivity index (χ1n) is 6.30. The zero-order valence-electron chi connectivity index (χ0n) is 9.72. The normalized spacial score (nSPS) is 28.4. The van der Waals surface area contributed by atoms with Gasteiger partial charge in [0.15, 0.2) is 0 Å². The third-order valence-corrected chi connectivity index (χ3v) is 3.62. The number of Topliss-reactive ketones (excluding diaryl/α,β-unsaturated/α-hetero) is 1. The van der Waals surface area contributed by atoms with Gasteiger partial charge in [0.25, 0.3) is 0 Å². The second-order valence-electron chi connectivity index (χ2n) is 4.70. The fraction of sp³-hybridized carbons (Fsp3) is 0.923. The molecule has 0 aliphatic heterocycles. The molecule has 0 aromatic heterocycles. The molecule has 1 saturated carbocycles. The molecule has 1 fully saturated rings. The smallest absolute Gasteiger partial charge is 0.135 e. The lowest BCUT2D eigenvalue weighted by molar-refractivity contribution is -0.123. The lowest BCUT2D eigenvalue weighted by Crippen LogP contribution is -2.13. The first-order chi connectivity index (χ1) is 6.77. The second kappa shape index (κ2) is 6.21. The lowest BCUT2D eigenvalue weighted by Gasteiger charge is -2.12. The predicted octanol–water partition coefficient (Wildman–Crippen LogP) is 3.96. The van der Waals surface area contributed by atoms with E-state index in [1.54, 1.807) is 0 Å². The summed E-state index contributed by atoms with van der Waals surface area (Å²) in [5.41, 5.74) is 0. The van der Waals surface area contributed by atoms with Crippen molar-refractivity contribution < 1.29 is 4.79 Å². The van der Waals surface area contributed by atoms with Crippen molar-refractivity contribution in [2.24, 2.45) is 11.8 Å². The molecule has 0 heterocycles. The number of hydrogen-bond donors (Lipinski definition) is 0. The molecule has 0 saturated heterocycles. The zero-order valence-corrected chi connectivity index (χ0v) is 9.72. The van der Waals surface area contributed by atoms with E-state index < -0.39 is 0 Å². The molecule has 0 bridgehead atoms. The maximum atomic E-state index is 11.7. The van der Waals surface area contributed by atoms with Crippen LogP contribution in [-0.4, -0.2) is 5.78 Å². The van der Waals surface area contributed by atoms with E-state index in [4.69, 9.17) is 0 Å². The van der Waals surface area contributed by atoms with E-state index in [1.165, 1.54) is 25.7 Å². The van der Waals surface area contributed by atoms with E-state index in [-0.39, 0.29) is 0 Å². The first kappa shape index (κ1) is 11.7. The molecule has 0 N–H and O–H groups in total. The summed E-state index contributed by atoms with van der Waals surface area (Å²) in [6.45, 7) is 4.38. The molecule has 0 aromatic rings. The highest BCUT2D eigenvalue weighted by Gasteiger charge is 2.22. The Labute approximate surface area is 88.3 Å². The van der Waals surface area contributed by atoms with E-state index in [2.05, 4.69) is 13.8 Å². The Hall–Kier alpha value is -0.330. The minimum atomic E-state index is 0.409. The van der Waals surface area contributed by atoms with Crippen LogP contribution < -0.4 is 0 Å². The van der Waals surface area contributed by atoms with Crippen molar-refractivity contribution in [1.29, 1.82) is 0 Å². The highest BCUT2D eigenvalue weighted by molar-refractivity contribution is 5.80. The fourth-order valence-electron chi connectivity index (χ4n) is 2.56. The summed E-state index contributed by atoms with van der Waals surface area (Å²) in [5, 5.41) is 0. The molecule has 2 atom stereocenters. The topological polar surface area (TPSA) is 17.1 Å². The van der Waals surface area contributed by atoms with Crippen LogP contribution in [0.25, 0.3) is 0 Å². The standard InChI is InChI=1S/C13H24O/c1-3-6-13(14)12-8-5-7-11(4-2)9-10-12/h11-12H,3-10H2,1-2H3. The highest BCUT2D eigenvalue weighted by atomic mass is 16.1. The Morgan fingerprint density at radius 3 is 2.57 bits per heavy atom. The molecule has 82 valence electrons. The third kappa shape index (κ3) is 3.43. The summed E-state index contributed by atoms with van der Waals surface area (Å²) in [7, 11) is 0. The number of ketones is 1. The largest absolute Gasteiger partial charge is 0.299 e. The molecule has 1 aliphatic rings. The minimum Gasteiger partial charge on any atom is -0.299 e. The third-order valence-electron chi connectivity index (χ3n) is 3.62. The summed E-state index contributed by atoms with van der Waals surface area (Å²) in [4.78, 5) is 11.7. The van der Waals surface area contributed by atoms with E-state index in [0.717, 1.165) is 31.6 Å². The molecule has 0 spiro atoms. The van der Waals surface area contributed by atoms with Crippen molar-refractivity contribution >= 4 is 5.78 Å². The van der Waals surface area contributed by atoms with Crippen LogP contribution in [0.5, 0.6) is 0 Å². The van der Waals surface area contributed by atoms with E-state index >= 15 is 0 Å². The number of rotatable bonds is 4. The van der Waals surface area contributed by atoms with Gasteiger partial charge in [-0.25, -0.2) is 0 Å². The first-order valence-corrected chi connectivity index (χ1v) is 6.30. The summed E-state index contributed by atoms with van der Waals surface area (Å²) < 4.78 is 0. The van der Waals surface area contributed by atoms with Gasteiger partial charge in [0.05, 0.1) is 0 Å². The quantitative estimate of drug-likeness (QED) is 0.622. The molecule has 0 aromatic carbocycles. The number of hydrogen-bond acceptors (Lipinski definition) is 1. The van der Waals surface area contributed by atoms with Gasteiger partial charge < -0.3 is 0 Å². The van der Waals surface area contributed by atoms with Crippen molar-refractivity contribution in [2.45, 2.75) is 65.2 Å². The van der Waals surface area contributed by atoms with Crippen LogP contribution in [0.1, 0.15) is 65.2 Å². The zero-order chi connectivity index (χ0) is 10.4. The summed E-state index contributed by atoms with van der Waals surface area (Å²) in [6, 6.07) is 0. The van der Waals surface area contributed by atoms with Crippen LogP contribution in [0, 0.1) is 11.8 Å².